The summed E-state index contributed by atoms with van der Waals surface area (Å²) < 4.78 is 17.8. The fourth-order valence-corrected chi connectivity index (χ4v) is 3.08. The lowest BCUT2D eigenvalue weighted by atomic mass is 10.0. The monoisotopic (exact) mass is 406 g/mol. The van der Waals surface area contributed by atoms with Crippen LogP contribution in [0.25, 0.3) is 0 Å². The summed E-state index contributed by atoms with van der Waals surface area (Å²) >= 11 is 0. The predicted molar refractivity (Wildman–Crippen MR) is 118 cm³/mol. The zero-order chi connectivity index (χ0) is 21.1. The van der Waals surface area contributed by atoms with E-state index in [9.17, 15) is 5.11 Å². The molecule has 2 atom stereocenters. The van der Waals surface area contributed by atoms with E-state index in [1.807, 2.05) is 91.0 Å². The van der Waals surface area contributed by atoms with Gasteiger partial charge in [-0.25, -0.2) is 0 Å². The molecule has 4 heteroatoms. The first-order chi connectivity index (χ1) is 14.6. The van der Waals surface area contributed by atoms with Gasteiger partial charge in [0, 0.05) is 0 Å². The van der Waals surface area contributed by atoms with Gasteiger partial charge in [0.05, 0.1) is 33.0 Å². The van der Waals surface area contributed by atoms with Crippen LogP contribution in [0.1, 0.15) is 23.6 Å². The molecule has 4 nitrogen and oxygen atoms in total. The van der Waals surface area contributed by atoms with Crippen LogP contribution in [0.5, 0.6) is 0 Å². The van der Waals surface area contributed by atoms with Gasteiger partial charge in [-0.2, -0.15) is 0 Å². The van der Waals surface area contributed by atoms with Crippen molar-refractivity contribution in [3.8, 4) is 0 Å². The van der Waals surface area contributed by atoms with E-state index in [1.54, 1.807) is 6.92 Å². The Kier molecular flexibility index (Phi) is 8.60. The normalized spacial score (nSPS) is 14.2. The van der Waals surface area contributed by atoms with E-state index in [-0.39, 0.29) is 13.2 Å². The third-order valence-corrected chi connectivity index (χ3v) is 4.87. The maximum absolute atomic E-state index is 11.1. The van der Waals surface area contributed by atoms with E-state index in [1.165, 1.54) is 0 Å². The van der Waals surface area contributed by atoms with E-state index < -0.39 is 11.7 Å². The molecule has 0 fully saturated rings. The third-order valence-electron chi connectivity index (χ3n) is 4.87. The highest BCUT2D eigenvalue weighted by molar-refractivity contribution is 5.15. The average molecular weight is 407 g/mol. The zero-order valence-electron chi connectivity index (χ0n) is 17.4. The molecule has 1 N–H and O–H groups in total. The van der Waals surface area contributed by atoms with Crippen LogP contribution in [0.4, 0.5) is 0 Å². The minimum Gasteiger partial charge on any atom is -0.385 e. The number of aliphatic hydroxyl groups is 1. The van der Waals surface area contributed by atoms with Gasteiger partial charge in [0.1, 0.15) is 11.7 Å². The molecule has 0 aliphatic heterocycles. The van der Waals surface area contributed by atoms with E-state index >= 15 is 0 Å². The van der Waals surface area contributed by atoms with Crippen LogP contribution in [-0.2, 0) is 34.0 Å². The van der Waals surface area contributed by atoms with Gasteiger partial charge in [-0.3, -0.25) is 0 Å². The Morgan fingerprint density at radius 3 is 1.60 bits per heavy atom. The molecule has 0 saturated heterocycles. The second kappa shape index (κ2) is 11.6. The SMILES string of the molecule is C[C@](O)(COCc1ccccc1)[C@H](COCc1ccccc1)OCc1ccccc1. The van der Waals surface area contributed by atoms with Crippen LogP contribution in [0.2, 0.25) is 0 Å². The number of rotatable bonds is 12. The first kappa shape index (κ1) is 22.2. The maximum Gasteiger partial charge on any atom is 0.113 e. The molecule has 30 heavy (non-hydrogen) atoms. The summed E-state index contributed by atoms with van der Waals surface area (Å²) in [6, 6.07) is 29.8. The summed E-state index contributed by atoms with van der Waals surface area (Å²) in [5, 5.41) is 11.1. The standard InChI is InChI=1S/C26H30O4/c1-26(27,21-29-18-23-13-7-3-8-14-23)25(30-19-24-15-9-4-10-16-24)20-28-17-22-11-5-2-6-12-22/h2-16,25,27H,17-21H2,1H3/t25-,26-/m0/s1. The Balaban J connectivity index is 1.57. The molecule has 3 rings (SSSR count). The molecule has 3 aromatic carbocycles. The van der Waals surface area contributed by atoms with Gasteiger partial charge < -0.3 is 19.3 Å². The summed E-state index contributed by atoms with van der Waals surface area (Å²) in [6.45, 7) is 3.45. The molecule has 0 unspecified atom stereocenters. The molecule has 0 radical (unpaired) electrons. The van der Waals surface area contributed by atoms with Gasteiger partial charge in [-0.05, 0) is 23.6 Å². The van der Waals surface area contributed by atoms with Gasteiger partial charge >= 0.3 is 0 Å². The number of ether oxygens (including phenoxy) is 3. The van der Waals surface area contributed by atoms with Gasteiger partial charge in [-0.1, -0.05) is 91.0 Å². The molecular formula is C26H30O4. The van der Waals surface area contributed by atoms with Crippen molar-refractivity contribution in [2.45, 2.75) is 38.4 Å². The predicted octanol–water partition coefficient (Wildman–Crippen LogP) is 4.76. The molecule has 0 saturated carbocycles. The lowest BCUT2D eigenvalue weighted by Crippen LogP contribution is -2.47. The summed E-state index contributed by atoms with van der Waals surface area (Å²) in [5.74, 6) is 0. The average Bonchev–Trinajstić information content (AvgIpc) is 2.78. The highest BCUT2D eigenvalue weighted by atomic mass is 16.5. The van der Waals surface area contributed by atoms with E-state index in [0.717, 1.165) is 16.7 Å². The van der Waals surface area contributed by atoms with Crippen LogP contribution >= 0.6 is 0 Å². The molecule has 158 valence electrons. The second-order valence-corrected chi connectivity index (χ2v) is 7.62. The van der Waals surface area contributed by atoms with Crippen LogP contribution in [0.15, 0.2) is 91.0 Å². The first-order valence-corrected chi connectivity index (χ1v) is 10.2. The summed E-state index contributed by atoms with van der Waals surface area (Å²) in [4.78, 5) is 0. The summed E-state index contributed by atoms with van der Waals surface area (Å²) in [6.07, 6.45) is -0.530. The van der Waals surface area contributed by atoms with Crippen molar-refractivity contribution >= 4 is 0 Å². The zero-order valence-corrected chi connectivity index (χ0v) is 17.4. The lowest BCUT2D eigenvalue weighted by Gasteiger charge is -2.32. The fraction of sp³-hybridized carbons (Fsp3) is 0.308. The van der Waals surface area contributed by atoms with Crippen LogP contribution in [-0.4, -0.2) is 30.0 Å². The Hall–Kier alpha value is -2.50. The van der Waals surface area contributed by atoms with Crippen molar-refractivity contribution in [1.82, 2.24) is 0 Å². The van der Waals surface area contributed by atoms with Crippen molar-refractivity contribution in [2.75, 3.05) is 13.2 Å². The topological polar surface area (TPSA) is 47.9 Å². The smallest absolute Gasteiger partial charge is 0.113 e. The van der Waals surface area contributed by atoms with E-state index in [4.69, 9.17) is 14.2 Å². The molecule has 0 aromatic heterocycles. The molecule has 0 heterocycles. The van der Waals surface area contributed by atoms with Gasteiger partial charge in [0.2, 0.25) is 0 Å². The Bertz CT molecular complexity index is 835. The number of hydrogen-bond donors (Lipinski definition) is 1. The number of hydrogen-bond acceptors (Lipinski definition) is 4. The maximum atomic E-state index is 11.1. The second-order valence-electron chi connectivity index (χ2n) is 7.62. The van der Waals surface area contributed by atoms with Crippen molar-refractivity contribution in [1.29, 1.82) is 0 Å². The summed E-state index contributed by atoms with van der Waals surface area (Å²) in [7, 11) is 0. The largest absolute Gasteiger partial charge is 0.385 e. The minimum absolute atomic E-state index is 0.149. The van der Waals surface area contributed by atoms with Crippen molar-refractivity contribution in [3.05, 3.63) is 108 Å². The molecule has 0 spiro atoms. The van der Waals surface area contributed by atoms with Gasteiger partial charge in [-0.15, -0.1) is 0 Å². The molecule has 0 amide bonds. The molecule has 0 bridgehead atoms. The van der Waals surface area contributed by atoms with Crippen molar-refractivity contribution in [2.24, 2.45) is 0 Å². The Morgan fingerprint density at radius 1 is 0.667 bits per heavy atom. The third kappa shape index (κ3) is 7.39. The van der Waals surface area contributed by atoms with Crippen molar-refractivity contribution in [3.63, 3.8) is 0 Å². The molecule has 0 aliphatic rings. The minimum atomic E-state index is -1.19. The molecule has 0 aliphatic carbocycles. The van der Waals surface area contributed by atoms with Gasteiger partial charge in [0.25, 0.3) is 0 Å². The van der Waals surface area contributed by atoms with Crippen LogP contribution in [0.3, 0.4) is 0 Å². The van der Waals surface area contributed by atoms with Crippen LogP contribution in [0, 0.1) is 0 Å². The highest BCUT2D eigenvalue weighted by Crippen LogP contribution is 2.19. The van der Waals surface area contributed by atoms with Crippen LogP contribution < -0.4 is 0 Å². The lowest BCUT2D eigenvalue weighted by molar-refractivity contribution is -0.162. The highest BCUT2D eigenvalue weighted by Gasteiger charge is 2.33. The number of benzene rings is 3. The summed E-state index contributed by atoms with van der Waals surface area (Å²) in [5.41, 5.74) is 2.00. The van der Waals surface area contributed by atoms with Crippen molar-refractivity contribution < 1.29 is 19.3 Å². The van der Waals surface area contributed by atoms with E-state index in [2.05, 4.69) is 0 Å². The van der Waals surface area contributed by atoms with Gasteiger partial charge in [0.15, 0.2) is 0 Å². The quantitative estimate of drug-likeness (QED) is 0.471. The van der Waals surface area contributed by atoms with E-state index in [0.29, 0.717) is 19.8 Å². The molecular weight excluding hydrogens is 376 g/mol. The fourth-order valence-electron chi connectivity index (χ4n) is 3.08. The Labute approximate surface area is 179 Å². The molecule has 3 aromatic rings. The Morgan fingerprint density at radius 2 is 1.10 bits per heavy atom. The first-order valence-electron chi connectivity index (χ1n) is 10.2.